The number of anilines is 1. The van der Waals surface area contributed by atoms with Crippen LogP contribution >= 0.6 is 0 Å². The van der Waals surface area contributed by atoms with Crippen LogP contribution in [0.1, 0.15) is 110 Å². The van der Waals surface area contributed by atoms with Crippen LogP contribution in [0.2, 0.25) is 0 Å². The summed E-state index contributed by atoms with van der Waals surface area (Å²) < 4.78 is 7.37. The van der Waals surface area contributed by atoms with Crippen LogP contribution in [0.3, 0.4) is 0 Å². The summed E-state index contributed by atoms with van der Waals surface area (Å²) in [4.78, 5) is 44.3. The van der Waals surface area contributed by atoms with E-state index in [-0.39, 0.29) is 51.5 Å². The molecular weight excluding hydrogens is 708 g/mol. The summed E-state index contributed by atoms with van der Waals surface area (Å²) in [6, 6.07) is 16.9. The molecule has 0 saturated carbocycles. The molecule has 0 atom stereocenters. The summed E-state index contributed by atoms with van der Waals surface area (Å²) in [5.41, 5.74) is 6.99. The first kappa shape index (κ1) is 41.4. The van der Waals surface area contributed by atoms with Gasteiger partial charge in [-0.25, -0.2) is 0 Å². The fraction of sp³-hybridized carbons (Fsp3) is 0.476. The minimum Gasteiger partial charge on any atom is -1.00 e. The maximum absolute atomic E-state index is 13.9. The van der Waals surface area contributed by atoms with Gasteiger partial charge in [0, 0.05) is 53.9 Å². The molecule has 0 unspecified atom stereocenters. The molecular formula is C42H53BrN2O6. The fourth-order valence-corrected chi connectivity index (χ4v) is 7.49. The van der Waals surface area contributed by atoms with Gasteiger partial charge in [-0.3, -0.25) is 9.59 Å². The summed E-state index contributed by atoms with van der Waals surface area (Å²) in [6.45, 7) is 14.9. The monoisotopic (exact) mass is 760 g/mol. The zero-order valence-corrected chi connectivity index (χ0v) is 32.6. The molecule has 0 saturated heterocycles. The summed E-state index contributed by atoms with van der Waals surface area (Å²) in [6.07, 6.45) is 13.1. The number of carbonyl (C=O) groups is 2. The molecule has 5 rings (SSSR count). The third kappa shape index (κ3) is 8.88. The molecule has 0 spiro atoms. The number of allylic oxidation sites excluding steroid dienone is 5. The Hall–Kier alpha value is -4.07. The second-order valence-corrected chi connectivity index (χ2v) is 14.3. The molecule has 2 aliphatic heterocycles. The molecule has 2 aromatic rings. The van der Waals surface area contributed by atoms with Crippen LogP contribution in [0.15, 0.2) is 83.3 Å². The maximum Gasteiger partial charge on any atom is 0.373 e. The van der Waals surface area contributed by atoms with E-state index in [9.17, 15) is 14.7 Å². The molecule has 51 heavy (non-hydrogen) atoms. The van der Waals surface area contributed by atoms with Crippen molar-refractivity contribution in [2.24, 2.45) is 0 Å². The Labute approximate surface area is 313 Å². The normalized spacial score (nSPS) is 18.1. The minimum absolute atomic E-state index is 0. The number of halogens is 1. The zero-order chi connectivity index (χ0) is 36.5. The number of para-hydroxylation sites is 2. The highest BCUT2D eigenvalue weighted by Crippen LogP contribution is 2.49. The number of aliphatic hydroxyl groups excluding tert-OH is 1. The molecule has 1 N–H and O–H groups in total. The van der Waals surface area contributed by atoms with Crippen molar-refractivity contribution in [1.82, 2.24) is 0 Å². The average molecular weight is 762 g/mol. The molecule has 2 heterocycles. The van der Waals surface area contributed by atoms with Gasteiger partial charge in [0.2, 0.25) is 11.5 Å². The van der Waals surface area contributed by atoms with E-state index in [0.29, 0.717) is 24.2 Å². The first-order valence-electron chi connectivity index (χ1n) is 18.1. The molecule has 0 fully saturated rings. The third-order valence-corrected chi connectivity index (χ3v) is 10.2. The molecule has 0 radical (unpaired) electrons. The van der Waals surface area contributed by atoms with E-state index in [1.165, 1.54) is 42.5 Å². The molecule has 3 aliphatic rings. The first-order valence-corrected chi connectivity index (χ1v) is 18.1. The summed E-state index contributed by atoms with van der Waals surface area (Å²) >= 11 is 0. The Morgan fingerprint density at radius 2 is 1.49 bits per heavy atom. The van der Waals surface area contributed by atoms with Crippen molar-refractivity contribution in [1.29, 1.82) is 0 Å². The van der Waals surface area contributed by atoms with E-state index in [4.69, 9.17) is 14.3 Å². The second-order valence-electron chi connectivity index (χ2n) is 14.3. The second kappa shape index (κ2) is 18.4. The lowest BCUT2D eigenvalue weighted by atomic mass is 9.77. The predicted octanol–water partition coefficient (Wildman–Crippen LogP) is 5.58. The Balaban J connectivity index is 0.00000169. The lowest BCUT2D eigenvalue weighted by Gasteiger charge is -2.29. The van der Waals surface area contributed by atoms with Crippen LogP contribution in [0.25, 0.3) is 0 Å². The molecule has 274 valence electrons. The van der Waals surface area contributed by atoms with Crippen molar-refractivity contribution >= 4 is 35.0 Å². The van der Waals surface area contributed by atoms with Gasteiger partial charge in [-0.15, -0.1) is 0 Å². The van der Waals surface area contributed by atoms with Crippen molar-refractivity contribution in [2.75, 3.05) is 24.6 Å². The number of benzene rings is 2. The molecule has 8 nitrogen and oxygen atoms in total. The van der Waals surface area contributed by atoms with Crippen LogP contribution in [-0.4, -0.2) is 53.0 Å². The van der Waals surface area contributed by atoms with Crippen molar-refractivity contribution in [3.63, 3.8) is 0 Å². The number of rotatable bonds is 15. The maximum atomic E-state index is 13.9. The van der Waals surface area contributed by atoms with Crippen LogP contribution in [0.5, 0.6) is 0 Å². The highest BCUT2D eigenvalue weighted by molar-refractivity contribution is 6.24. The van der Waals surface area contributed by atoms with Gasteiger partial charge in [-0.1, -0.05) is 82.9 Å². The predicted molar refractivity (Wildman–Crippen MR) is 196 cm³/mol. The van der Waals surface area contributed by atoms with E-state index in [1.54, 1.807) is 0 Å². The molecule has 1 aliphatic carbocycles. The average Bonchev–Trinajstić information content (AvgIpc) is 3.44. The number of hydrogen-bond acceptors (Lipinski definition) is 7. The minimum atomic E-state index is -0.340. The number of aliphatic hydroxyl groups is 1. The first-order chi connectivity index (χ1) is 23.9. The molecule has 2 aromatic carbocycles. The Bertz CT molecular complexity index is 1740. The lowest BCUT2D eigenvalue weighted by Crippen LogP contribution is -3.00. The van der Waals surface area contributed by atoms with Gasteiger partial charge in [0.1, 0.15) is 12.3 Å². The molecule has 0 aromatic heterocycles. The van der Waals surface area contributed by atoms with Gasteiger partial charge >= 0.3 is 12.1 Å². The van der Waals surface area contributed by atoms with Gasteiger partial charge in [-0.2, -0.15) is 14.2 Å². The van der Waals surface area contributed by atoms with E-state index >= 15 is 0 Å². The summed E-state index contributed by atoms with van der Waals surface area (Å²) in [5.74, 6) is -0.183. The van der Waals surface area contributed by atoms with Crippen molar-refractivity contribution < 1.29 is 50.6 Å². The number of carbonyl (C=O) groups excluding carboxylic acids is 4. The van der Waals surface area contributed by atoms with Crippen molar-refractivity contribution in [2.45, 2.75) is 110 Å². The number of ether oxygens (including phenoxy) is 1. The number of hydrogen-bond donors (Lipinski definition) is 1. The van der Waals surface area contributed by atoms with Crippen molar-refractivity contribution in [3.05, 3.63) is 94.4 Å². The van der Waals surface area contributed by atoms with Gasteiger partial charge in [0.25, 0.3) is 0 Å². The number of ketones is 1. The Kier molecular flexibility index (Phi) is 14.9. The molecule has 9 heteroatoms. The quantitative estimate of drug-likeness (QED) is 0.110. The summed E-state index contributed by atoms with van der Waals surface area (Å²) in [7, 11) is 0. The van der Waals surface area contributed by atoms with Crippen LogP contribution in [0.4, 0.5) is 11.4 Å². The largest absolute Gasteiger partial charge is 1.00 e. The van der Waals surface area contributed by atoms with Gasteiger partial charge < -0.3 is 31.7 Å². The molecule has 0 amide bonds. The van der Waals surface area contributed by atoms with Gasteiger partial charge in [0.15, 0.2) is 5.71 Å². The van der Waals surface area contributed by atoms with E-state index in [1.807, 2.05) is 25.1 Å². The van der Waals surface area contributed by atoms with E-state index in [2.05, 4.69) is 86.6 Å². The van der Waals surface area contributed by atoms with Crippen LogP contribution < -0.4 is 21.9 Å². The Morgan fingerprint density at radius 3 is 2.16 bits per heavy atom. The number of nitrogens with zero attached hydrogens (tertiary/aromatic N) is 2. The standard InChI is InChI=1S/C41H52N2O4.CO2.BrH/c1-7-9-10-11-18-25-42-33-22-16-14-20-31(33)40(3,4)35(42)27-29-38(45)30(39(29)46)28-36-41(5,6)32-21-15-17-23-34(32)43(36)26-19-12-13-24-37(44)47-8-2;2-1-3;/h14-17,20-23,27-28H,7-13,18-19,24-26H2,1-6H3;;1H. The molecule has 0 bridgehead atoms. The van der Waals surface area contributed by atoms with E-state index in [0.717, 1.165) is 55.9 Å². The van der Waals surface area contributed by atoms with Crippen LogP contribution in [0, 0.1) is 0 Å². The number of fused-ring (bicyclic) bond motifs is 2. The fourth-order valence-electron chi connectivity index (χ4n) is 7.49. The summed E-state index contributed by atoms with van der Waals surface area (Å²) in [5, 5.41) is 11.5. The zero-order valence-electron chi connectivity index (χ0n) is 31.0. The van der Waals surface area contributed by atoms with Gasteiger partial charge in [-0.05, 0) is 57.7 Å². The van der Waals surface area contributed by atoms with Crippen LogP contribution in [-0.2, 0) is 34.7 Å². The van der Waals surface area contributed by atoms with Gasteiger partial charge in [0.05, 0.1) is 23.2 Å². The third-order valence-electron chi connectivity index (χ3n) is 10.2. The highest BCUT2D eigenvalue weighted by Gasteiger charge is 2.47. The van der Waals surface area contributed by atoms with E-state index < -0.39 is 0 Å². The SMILES string of the molecule is CCCCCCCN1/C(=C/C2=C(O)C(=C/C3=[N+](CCCCCC(=O)OCC)c4ccccc4C3(C)C)/C2=O)C(C)(C)c2ccccc21.O=C=O.[Br-]. The topological polar surface area (TPSA) is 104 Å². The Morgan fingerprint density at radius 1 is 0.863 bits per heavy atom. The lowest BCUT2D eigenvalue weighted by molar-refractivity contribution is -0.438. The highest BCUT2D eigenvalue weighted by atomic mass is 79.9. The number of esters is 1. The smallest absolute Gasteiger partial charge is 0.373 e. The van der Waals surface area contributed by atoms with Crippen molar-refractivity contribution in [3.8, 4) is 0 Å². The number of unbranched alkanes of at least 4 members (excludes halogenated alkanes) is 6. The number of Topliss-reactive ketones (excluding diaryl/α,β-unsaturated/α-hetero) is 1.